The molecule has 1 atom stereocenters. The number of carbonyl (C=O) groups excluding carboxylic acids is 1. The van der Waals surface area contributed by atoms with Crippen molar-refractivity contribution >= 4 is 36.0 Å². The minimum Gasteiger partial charge on any atom is -0.474 e. The summed E-state index contributed by atoms with van der Waals surface area (Å²) < 4.78 is 11.4. The number of aliphatic imine (C=N–C) groups is 1. The SMILES string of the molecule is CN=C(NCc1ccnc(OC2CCCC2)c1)N1CCC(NC(=O)OC(C)(C)C)C1.I. The van der Waals surface area contributed by atoms with Gasteiger partial charge in [0, 0.05) is 38.9 Å². The Balaban J connectivity index is 0.00000341. The summed E-state index contributed by atoms with van der Waals surface area (Å²) in [6.07, 6.45) is 7.28. The van der Waals surface area contributed by atoms with Crippen molar-refractivity contribution in [3.8, 4) is 5.88 Å². The molecule has 2 N–H and O–H groups in total. The van der Waals surface area contributed by atoms with Crippen LogP contribution in [-0.2, 0) is 11.3 Å². The first-order valence-corrected chi connectivity index (χ1v) is 10.9. The molecule has 0 radical (unpaired) electrons. The van der Waals surface area contributed by atoms with Crippen LogP contribution in [0.2, 0.25) is 0 Å². The molecule has 1 aliphatic carbocycles. The largest absolute Gasteiger partial charge is 0.474 e. The minimum absolute atomic E-state index is 0. The highest BCUT2D eigenvalue weighted by Gasteiger charge is 2.27. The van der Waals surface area contributed by atoms with E-state index < -0.39 is 5.60 Å². The number of aromatic nitrogens is 1. The van der Waals surface area contributed by atoms with Crippen LogP contribution in [0, 0.1) is 0 Å². The summed E-state index contributed by atoms with van der Waals surface area (Å²) in [5.74, 6) is 1.51. The van der Waals surface area contributed by atoms with Crippen LogP contribution in [0.25, 0.3) is 0 Å². The Hall–Kier alpha value is -1.78. The molecular formula is C22H36IN5O3. The van der Waals surface area contributed by atoms with Crippen molar-refractivity contribution in [1.82, 2.24) is 20.5 Å². The number of hydrogen-bond acceptors (Lipinski definition) is 5. The van der Waals surface area contributed by atoms with Crippen molar-refractivity contribution in [2.45, 2.75) is 77.2 Å². The number of nitrogens with one attached hydrogen (secondary N) is 2. The van der Waals surface area contributed by atoms with Gasteiger partial charge in [-0.3, -0.25) is 4.99 Å². The van der Waals surface area contributed by atoms with Gasteiger partial charge < -0.3 is 25.0 Å². The summed E-state index contributed by atoms with van der Waals surface area (Å²) in [6, 6.07) is 4.03. The third-order valence-electron chi connectivity index (χ3n) is 5.26. The van der Waals surface area contributed by atoms with Gasteiger partial charge in [0.2, 0.25) is 5.88 Å². The van der Waals surface area contributed by atoms with E-state index in [-0.39, 0.29) is 36.1 Å². The van der Waals surface area contributed by atoms with E-state index in [9.17, 15) is 4.79 Å². The lowest BCUT2D eigenvalue weighted by molar-refractivity contribution is 0.0507. The fourth-order valence-corrected chi connectivity index (χ4v) is 3.86. The van der Waals surface area contributed by atoms with E-state index in [4.69, 9.17) is 9.47 Å². The third-order valence-corrected chi connectivity index (χ3v) is 5.26. The second-order valence-electron chi connectivity index (χ2n) is 9.01. The van der Waals surface area contributed by atoms with Crippen molar-refractivity contribution in [2.24, 2.45) is 4.99 Å². The molecule has 2 aliphatic rings. The summed E-state index contributed by atoms with van der Waals surface area (Å²) in [6.45, 7) is 7.75. The van der Waals surface area contributed by atoms with Crippen LogP contribution >= 0.6 is 24.0 Å². The van der Waals surface area contributed by atoms with Crippen molar-refractivity contribution in [3.63, 3.8) is 0 Å². The van der Waals surface area contributed by atoms with E-state index >= 15 is 0 Å². The number of halogens is 1. The van der Waals surface area contributed by atoms with E-state index in [1.807, 2.05) is 32.9 Å². The molecule has 0 aromatic carbocycles. The molecule has 1 aromatic rings. The Morgan fingerprint density at radius 1 is 1.29 bits per heavy atom. The van der Waals surface area contributed by atoms with Crippen LogP contribution in [0.5, 0.6) is 5.88 Å². The van der Waals surface area contributed by atoms with Gasteiger partial charge in [-0.2, -0.15) is 0 Å². The number of ether oxygens (including phenoxy) is 2. The second-order valence-corrected chi connectivity index (χ2v) is 9.01. The van der Waals surface area contributed by atoms with Gasteiger partial charge in [-0.15, -0.1) is 24.0 Å². The highest BCUT2D eigenvalue weighted by atomic mass is 127. The van der Waals surface area contributed by atoms with E-state index in [2.05, 4.69) is 25.5 Å². The van der Waals surface area contributed by atoms with E-state index in [0.29, 0.717) is 25.1 Å². The van der Waals surface area contributed by atoms with Crippen molar-refractivity contribution < 1.29 is 14.3 Å². The van der Waals surface area contributed by atoms with Crippen LogP contribution in [0.15, 0.2) is 23.3 Å². The Morgan fingerprint density at radius 2 is 2.03 bits per heavy atom. The third kappa shape index (κ3) is 8.34. The predicted molar refractivity (Wildman–Crippen MR) is 132 cm³/mol. The summed E-state index contributed by atoms with van der Waals surface area (Å²) in [5.41, 5.74) is 0.604. The first kappa shape index (κ1) is 25.5. The molecule has 1 saturated carbocycles. The smallest absolute Gasteiger partial charge is 0.407 e. The molecule has 174 valence electrons. The van der Waals surface area contributed by atoms with Gasteiger partial charge >= 0.3 is 6.09 Å². The number of pyridine rings is 1. The van der Waals surface area contributed by atoms with Gasteiger partial charge in [0.25, 0.3) is 0 Å². The molecule has 9 heteroatoms. The van der Waals surface area contributed by atoms with Crippen LogP contribution in [0.1, 0.15) is 58.4 Å². The highest BCUT2D eigenvalue weighted by Crippen LogP contribution is 2.23. The standard InChI is InChI=1S/C22H35N5O3.HI/c1-22(2,3)30-21(28)26-17-10-12-27(15-17)20(23-4)25-14-16-9-11-24-19(13-16)29-18-7-5-6-8-18;/h9,11,13,17-18H,5-8,10,12,14-15H2,1-4H3,(H,23,25)(H,26,28);1H. The number of amides is 1. The van der Waals surface area contributed by atoms with E-state index in [0.717, 1.165) is 37.3 Å². The van der Waals surface area contributed by atoms with Gasteiger partial charge in [0.15, 0.2) is 5.96 Å². The monoisotopic (exact) mass is 545 g/mol. The Morgan fingerprint density at radius 3 is 2.71 bits per heavy atom. The number of rotatable bonds is 5. The zero-order valence-electron chi connectivity index (χ0n) is 19.0. The fourth-order valence-electron chi connectivity index (χ4n) is 3.86. The van der Waals surface area contributed by atoms with E-state index in [1.54, 1.807) is 13.2 Å². The van der Waals surface area contributed by atoms with Crippen LogP contribution in [-0.4, -0.2) is 59.8 Å². The molecule has 1 aromatic heterocycles. The van der Waals surface area contributed by atoms with Gasteiger partial charge in [-0.25, -0.2) is 9.78 Å². The first-order valence-electron chi connectivity index (χ1n) is 10.9. The fraction of sp³-hybridized carbons (Fsp3) is 0.682. The molecule has 1 saturated heterocycles. The average molecular weight is 545 g/mol. The maximum atomic E-state index is 12.0. The first-order chi connectivity index (χ1) is 14.3. The molecular weight excluding hydrogens is 509 g/mol. The van der Waals surface area contributed by atoms with E-state index in [1.165, 1.54) is 12.8 Å². The van der Waals surface area contributed by atoms with Crippen molar-refractivity contribution in [2.75, 3.05) is 20.1 Å². The maximum Gasteiger partial charge on any atom is 0.407 e. The lowest BCUT2D eigenvalue weighted by atomic mass is 10.2. The Kier molecular flexibility index (Phi) is 9.64. The van der Waals surface area contributed by atoms with Crippen molar-refractivity contribution in [3.05, 3.63) is 23.9 Å². The molecule has 2 heterocycles. The summed E-state index contributed by atoms with van der Waals surface area (Å²) in [7, 11) is 1.78. The Labute approximate surface area is 202 Å². The average Bonchev–Trinajstić information content (AvgIpc) is 3.33. The zero-order chi connectivity index (χ0) is 21.6. The maximum absolute atomic E-state index is 12.0. The number of guanidine groups is 1. The molecule has 0 spiro atoms. The zero-order valence-corrected chi connectivity index (χ0v) is 21.3. The highest BCUT2D eigenvalue weighted by molar-refractivity contribution is 14.0. The number of likely N-dealkylation sites (tertiary alicyclic amines) is 1. The van der Waals surface area contributed by atoms with Crippen LogP contribution in [0.4, 0.5) is 4.79 Å². The Bertz CT molecular complexity index is 747. The molecule has 3 rings (SSSR count). The van der Waals surface area contributed by atoms with Gasteiger partial charge in [-0.1, -0.05) is 0 Å². The number of alkyl carbamates (subject to hydrolysis) is 1. The normalized spacial score (nSPS) is 19.7. The van der Waals surface area contributed by atoms with Gasteiger partial charge in [0.05, 0.1) is 6.04 Å². The molecule has 1 aliphatic heterocycles. The topological polar surface area (TPSA) is 88.1 Å². The molecule has 2 fully saturated rings. The quantitative estimate of drug-likeness (QED) is 0.334. The minimum atomic E-state index is -0.495. The number of hydrogen-bond donors (Lipinski definition) is 2. The second kappa shape index (κ2) is 11.7. The summed E-state index contributed by atoms with van der Waals surface area (Å²) >= 11 is 0. The van der Waals surface area contributed by atoms with Gasteiger partial charge in [0.1, 0.15) is 11.7 Å². The summed E-state index contributed by atoms with van der Waals surface area (Å²) in [5, 5.41) is 6.36. The van der Waals surface area contributed by atoms with Gasteiger partial charge in [-0.05, 0) is 64.5 Å². The molecule has 1 unspecified atom stereocenters. The molecule has 31 heavy (non-hydrogen) atoms. The lowest BCUT2D eigenvalue weighted by Crippen LogP contribution is -2.44. The predicted octanol–water partition coefficient (Wildman–Crippen LogP) is 3.70. The molecule has 1 amide bonds. The van der Waals surface area contributed by atoms with Crippen LogP contribution in [0.3, 0.4) is 0 Å². The molecule has 8 nitrogen and oxygen atoms in total. The van der Waals surface area contributed by atoms with Crippen molar-refractivity contribution in [1.29, 1.82) is 0 Å². The molecule has 0 bridgehead atoms. The number of carbonyl (C=O) groups is 1. The van der Waals surface area contributed by atoms with Crippen LogP contribution < -0.4 is 15.4 Å². The summed E-state index contributed by atoms with van der Waals surface area (Å²) in [4.78, 5) is 22.9. The number of nitrogens with zero attached hydrogens (tertiary/aromatic N) is 3. The lowest BCUT2D eigenvalue weighted by Gasteiger charge is -2.23.